The highest BCUT2D eigenvalue weighted by Crippen LogP contribution is 2.17. The van der Waals surface area contributed by atoms with E-state index in [9.17, 15) is 8.42 Å². The van der Waals surface area contributed by atoms with Crippen molar-refractivity contribution in [3.05, 3.63) is 42.3 Å². The standard InChI is InChI=1S/C10H10N2O3S/c1-8-10(7-15-11-8)16(13,14)12-9-5-3-2-4-6-9/h2-7,12H,1H3. The van der Waals surface area contributed by atoms with Crippen molar-refractivity contribution in [2.45, 2.75) is 11.8 Å². The summed E-state index contributed by atoms with van der Waals surface area (Å²) in [6, 6.07) is 8.64. The van der Waals surface area contributed by atoms with Crippen molar-refractivity contribution >= 4 is 15.7 Å². The van der Waals surface area contributed by atoms with E-state index in [1.807, 2.05) is 6.07 Å². The van der Waals surface area contributed by atoms with Crippen LogP contribution in [0.25, 0.3) is 0 Å². The molecular weight excluding hydrogens is 228 g/mol. The molecule has 0 bridgehead atoms. The molecule has 0 amide bonds. The summed E-state index contributed by atoms with van der Waals surface area (Å²) >= 11 is 0. The van der Waals surface area contributed by atoms with Gasteiger partial charge in [0.15, 0.2) is 0 Å². The molecule has 1 aromatic heterocycles. The van der Waals surface area contributed by atoms with Gasteiger partial charge in [-0.05, 0) is 19.1 Å². The number of aromatic nitrogens is 1. The van der Waals surface area contributed by atoms with Gasteiger partial charge in [0.2, 0.25) is 0 Å². The predicted molar refractivity (Wildman–Crippen MR) is 58.5 cm³/mol. The molecule has 5 nitrogen and oxygen atoms in total. The summed E-state index contributed by atoms with van der Waals surface area (Å²) in [5.41, 5.74) is 0.839. The lowest BCUT2D eigenvalue weighted by molar-refractivity contribution is 0.413. The molecule has 0 spiro atoms. The molecule has 0 aliphatic heterocycles. The molecule has 0 saturated heterocycles. The molecule has 0 unspecified atom stereocenters. The van der Waals surface area contributed by atoms with Crippen LogP contribution in [0, 0.1) is 6.92 Å². The van der Waals surface area contributed by atoms with Crippen LogP contribution in [0.2, 0.25) is 0 Å². The number of benzene rings is 1. The largest absolute Gasteiger partial charge is 0.363 e. The number of hydrogen-bond acceptors (Lipinski definition) is 4. The van der Waals surface area contributed by atoms with Crippen molar-refractivity contribution < 1.29 is 12.9 Å². The molecule has 0 fully saturated rings. The van der Waals surface area contributed by atoms with Crippen LogP contribution in [0.5, 0.6) is 0 Å². The first-order valence-electron chi connectivity index (χ1n) is 4.58. The maximum Gasteiger partial charge on any atom is 0.267 e. The third-order valence-electron chi connectivity index (χ3n) is 2.02. The van der Waals surface area contributed by atoms with E-state index in [2.05, 4.69) is 14.4 Å². The Morgan fingerprint density at radius 1 is 1.25 bits per heavy atom. The number of aryl methyl sites for hydroxylation is 1. The number of para-hydroxylation sites is 1. The Morgan fingerprint density at radius 2 is 1.94 bits per heavy atom. The Kier molecular flexibility index (Phi) is 2.66. The first-order chi connectivity index (χ1) is 7.59. The van der Waals surface area contributed by atoms with Crippen LogP contribution in [0.4, 0.5) is 5.69 Å². The lowest BCUT2D eigenvalue weighted by Crippen LogP contribution is -2.13. The van der Waals surface area contributed by atoms with Crippen LogP contribution in [0.1, 0.15) is 5.69 Å². The molecule has 0 radical (unpaired) electrons. The molecule has 0 saturated carbocycles. The van der Waals surface area contributed by atoms with Crippen LogP contribution in [0.15, 0.2) is 46.0 Å². The number of anilines is 1. The van der Waals surface area contributed by atoms with Crippen LogP contribution >= 0.6 is 0 Å². The maximum atomic E-state index is 11.9. The van der Waals surface area contributed by atoms with E-state index >= 15 is 0 Å². The summed E-state index contributed by atoms with van der Waals surface area (Å²) in [5.74, 6) is 0. The highest BCUT2D eigenvalue weighted by atomic mass is 32.2. The molecule has 1 heterocycles. The Bertz CT molecular complexity index is 575. The number of nitrogens with zero attached hydrogens (tertiary/aromatic N) is 1. The van der Waals surface area contributed by atoms with Crippen molar-refractivity contribution in [3.8, 4) is 0 Å². The summed E-state index contributed by atoms with van der Waals surface area (Å²) < 4.78 is 30.8. The minimum absolute atomic E-state index is 0.0522. The summed E-state index contributed by atoms with van der Waals surface area (Å²) in [5, 5.41) is 3.53. The second kappa shape index (κ2) is 3.97. The zero-order chi connectivity index (χ0) is 11.6. The Morgan fingerprint density at radius 3 is 2.50 bits per heavy atom. The lowest BCUT2D eigenvalue weighted by Gasteiger charge is -2.05. The van der Waals surface area contributed by atoms with Crippen molar-refractivity contribution in [2.75, 3.05) is 4.72 Å². The van der Waals surface area contributed by atoms with Gasteiger partial charge in [0.25, 0.3) is 10.0 Å². The predicted octanol–water partition coefficient (Wildman–Crippen LogP) is 1.78. The van der Waals surface area contributed by atoms with Gasteiger partial charge in [-0.25, -0.2) is 8.42 Å². The molecule has 0 atom stereocenters. The quantitative estimate of drug-likeness (QED) is 0.884. The van der Waals surface area contributed by atoms with Crippen LogP contribution in [-0.4, -0.2) is 13.6 Å². The summed E-state index contributed by atoms with van der Waals surface area (Å²) in [6.07, 6.45) is 1.11. The third-order valence-corrected chi connectivity index (χ3v) is 3.50. The zero-order valence-electron chi connectivity index (χ0n) is 8.54. The number of rotatable bonds is 3. The van der Waals surface area contributed by atoms with E-state index in [-0.39, 0.29) is 4.90 Å². The molecule has 1 aromatic carbocycles. The van der Waals surface area contributed by atoms with Crippen molar-refractivity contribution in [2.24, 2.45) is 0 Å². The lowest BCUT2D eigenvalue weighted by atomic mass is 10.3. The Hall–Kier alpha value is -1.82. The molecule has 0 aliphatic carbocycles. The fourth-order valence-electron chi connectivity index (χ4n) is 1.26. The smallest absolute Gasteiger partial charge is 0.267 e. The highest BCUT2D eigenvalue weighted by molar-refractivity contribution is 7.92. The monoisotopic (exact) mass is 238 g/mol. The fourth-order valence-corrected chi connectivity index (χ4v) is 2.41. The fraction of sp³-hybridized carbons (Fsp3) is 0.100. The van der Waals surface area contributed by atoms with Gasteiger partial charge in [0.1, 0.15) is 16.9 Å². The second-order valence-electron chi connectivity index (χ2n) is 3.24. The van der Waals surface area contributed by atoms with Gasteiger partial charge in [-0.2, -0.15) is 0 Å². The summed E-state index contributed by atoms with van der Waals surface area (Å²) in [4.78, 5) is 0.0522. The first kappa shape index (κ1) is 10.7. The van der Waals surface area contributed by atoms with Gasteiger partial charge < -0.3 is 4.52 Å². The molecular formula is C10H10N2O3S. The van der Waals surface area contributed by atoms with Crippen LogP contribution in [-0.2, 0) is 10.0 Å². The van der Waals surface area contributed by atoms with Gasteiger partial charge >= 0.3 is 0 Å². The minimum atomic E-state index is -3.61. The third kappa shape index (κ3) is 2.06. The Labute approximate surface area is 93.1 Å². The molecule has 16 heavy (non-hydrogen) atoms. The molecule has 0 aliphatic rings. The first-order valence-corrected chi connectivity index (χ1v) is 6.07. The average Bonchev–Trinajstić information content (AvgIpc) is 2.66. The normalized spacial score (nSPS) is 11.3. The van der Waals surface area contributed by atoms with Gasteiger partial charge in [-0.1, -0.05) is 23.4 Å². The highest BCUT2D eigenvalue weighted by Gasteiger charge is 2.19. The number of hydrogen-bond donors (Lipinski definition) is 1. The number of sulfonamides is 1. The van der Waals surface area contributed by atoms with Gasteiger partial charge in [-0.3, -0.25) is 4.72 Å². The van der Waals surface area contributed by atoms with E-state index in [1.165, 1.54) is 0 Å². The minimum Gasteiger partial charge on any atom is -0.363 e. The molecule has 6 heteroatoms. The second-order valence-corrected chi connectivity index (χ2v) is 4.89. The van der Waals surface area contributed by atoms with E-state index in [0.29, 0.717) is 11.4 Å². The SMILES string of the molecule is Cc1nocc1S(=O)(=O)Nc1ccccc1. The zero-order valence-corrected chi connectivity index (χ0v) is 9.36. The van der Waals surface area contributed by atoms with E-state index in [1.54, 1.807) is 31.2 Å². The molecule has 84 valence electrons. The van der Waals surface area contributed by atoms with Gasteiger partial charge in [0.05, 0.1) is 0 Å². The summed E-state index contributed by atoms with van der Waals surface area (Å²) in [7, 11) is -3.61. The van der Waals surface area contributed by atoms with Crippen LogP contribution in [0.3, 0.4) is 0 Å². The average molecular weight is 238 g/mol. The van der Waals surface area contributed by atoms with Gasteiger partial charge in [0, 0.05) is 5.69 Å². The molecule has 1 N–H and O–H groups in total. The maximum absolute atomic E-state index is 11.9. The molecule has 2 rings (SSSR count). The summed E-state index contributed by atoms with van der Waals surface area (Å²) in [6.45, 7) is 1.57. The van der Waals surface area contributed by atoms with Crippen molar-refractivity contribution in [3.63, 3.8) is 0 Å². The Balaban J connectivity index is 2.32. The molecule has 2 aromatic rings. The van der Waals surface area contributed by atoms with E-state index < -0.39 is 10.0 Å². The number of nitrogens with one attached hydrogen (secondary N) is 1. The van der Waals surface area contributed by atoms with Crippen molar-refractivity contribution in [1.29, 1.82) is 0 Å². The van der Waals surface area contributed by atoms with E-state index in [4.69, 9.17) is 0 Å². The van der Waals surface area contributed by atoms with Crippen molar-refractivity contribution in [1.82, 2.24) is 5.16 Å². The van der Waals surface area contributed by atoms with Gasteiger partial charge in [-0.15, -0.1) is 0 Å². The van der Waals surface area contributed by atoms with Crippen LogP contribution < -0.4 is 4.72 Å². The topological polar surface area (TPSA) is 72.2 Å². The van der Waals surface area contributed by atoms with E-state index in [0.717, 1.165) is 6.26 Å².